The molecule has 1 amide bonds. The molecule has 198 valence electrons. The van der Waals surface area contributed by atoms with Crippen molar-refractivity contribution in [2.75, 3.05) is 32.0 Å². The van der Waals surface area contributed by atoms with Gasteiger partial charge in [-0.2, -0.15) is 0 Å². The van der Waals surface area contributed by atoms with Crippen molar-refractivity contribution in [1.82, 2.24) is 30.2 Å². The first kappa shape index (κ1) is 26.9. The number of carbonyl (C=O) groups is 1. The summed E-state index contributed by atoms with van der Waals surface area (Å²) < 4.78 is 32.9. The summed E-state index contributed by atoms with van der Waals surface area (Å²) >= 11 is 1.21. The third kappa shape index (κ3) is 7.43. The highest BCUT2D eigenvalue weighted by atomic mass is 32.2. The normalized spacial score (nSPS) is 14.4. The van der Waals surface area contributed by atoms with Crippen LogP contribution < -0.4 is 14.8 Å². The molecule has 37 heavy (non-hydrogen) atoms. The van der Waals surface area contributed by atoms with Gasteiger partial charge in [0.1, 0.15) is 5.69 Å². The Hall–Kier alpha value is -3.16. The van der Waals surface area contributed by atoms with Crippen LogP contribution in [0.1, 0.15) is 54.1 Å². The minimum Gasteiger partial charge on any atom is -0.477 e. The Morgan fingerprint density at radius 1 is 1.24 bits per heavy atom. The zero-order chi connectivity index (χ0) is 26.4. The van der Waals surface area contributed by atoms with E-state index in [1.807, 2.05) is 21.0 Å². The van der Waals surface area contributed by atoms with Crippen LogP contribution in [0.15, 0.2) is 36.9 Å². The summed E-state index contributed by atoms with van der Waals surface area (Å²) in [6.45, 7) is 3.17. The van der Waals surface area contributed by atoms with Gasteiger partial charge in [0.2, 0.25) is 15.9 Å². The van der Waals surface area contributed by atoms with Crippen molar-refractivity contribution in [1.29, 1.82) is 0 Å². The monoisotopic (exact) mass is 545 g/mol. The van der Waals surface area contributed by atoms with Crippen molar-refractivity contribution < 1.29 is 17.9 Å². The van der Waals surface area contributed by atoms with Crippen molar-refractivity contribution in [3.63, 3.8) is 0 Å². The zero-order valence-electron chi connectivity index (χ0n) is 21.0. The van der Waals surface area contributed by atoms with Gasteiger partial charge in [-0.1, -0.05) is 0 Å². The van der Waals surface area contributed by atoms with Gasteiger partial charge < -0.3 is 15.0 Å². The second-order valence-corrected chi connectivity index (χ2v) is 12.0. The molecule has 0 bridgehead atoms. The largest absolute Gasteiger partial charge is 0.477 e. The molecule has 4 rings (SSSR count). The van der Waals surface area contributed by atoms with Crippen molar-refractivity contribution in [2.24, 2.45) is 0 Å². The summed E-state index contributed by atoms with van der Waals surface area (Å²) in [6.07, 6.45) is 9.05. The Morgan fingerprint density at radius 3 is 2.78 bits per heavy atom. The number of sulfonamides is 1. The van der Waals surface area contributed by atoms with Crippen LogP contribution in [-0.2, 0) is 10.0 Å². The number of nitrogens with zero attached hydrogens (tertiary/aromatic N) is 5. The molecule has 0 aliphatic heterocycles. The highest BCUT2D eigenvalue weighted by Gasteiger charge is 2.35. The number of pyridine rings is 1. The highest BCUT2D eigenvalue weighted by molar-refractivity contribution is 7.93. The molecule has 3 aromatic heterocycles. The quantitative estimate of drug-likeness (QED) is 0.332. The molecule has 1 fully saturated rings. The zero-order valence-corrected chi connectivity index (χ0v) is 22.7. The minimum atomic E-state index is -3.41. The third-order valence-corrected chi connectivity index (χ3v) is 8.51. The van der Waals surface area contributed by atoms with Crippen LogP contribution in [0.4, 0.5) is 5.69 Å². The molecular formula is C24H31N7O4S2. The average Bonchev–Trinajstić information content (AvgIpc) is 3.61. The molecule has 0 spiro atoms. The summed E-state index contributed by atoms with van der Waals surface area (Å²) in [7, 11) is 0.564. The molecular weight excluding hydrogens is 514 g/mol. The second kappa shape index (κ2) is 11.9. The number of rotatable bonds is 13. The Kier molecular flexibility index (Phi) is 8.67. The fraction of sp³-hybridized carbons (Fsp3) is 0.458. The number of nitrogens with one attached hydrogen (secondary N) is 2. The lowest BCUT2D eigenvalue weighted by atomic mass is 10.1. The topological polar surface area (TPSA) is 139 Å². The van der Waals surface area contributed by atoms with E-state index in [1.165, 1.54) is 17.5 Å². The summed E-state index contributed by atoms with van der Waals surface area (Å²) in [5, 5.41) is 2.98. The number of ether oxygens (including phenoxy) is 1. The summed E-state index contributed by atoms with van der Waals surface area (Å²) in [5.41, 5.74) is 1.59. The molecule has 0 saturated heterocycles. The number of thiazole rings is 1. The Balaban J connectivity index is 1.51. The lowest BCUT2D eigenvalue weighted by molar-refractivity contribution is 0.0932. The lowest BCUT2D eigenvalue weighted by Crippen LogP contribution is -2.30. The number of hydrogen-bond donors (Lipinski definition) is 2. The van der Waals surface area contributed by atoms with Crippen LogP contribution in [0.2, 0.25) is 0 Å². The summed E-state index contributed by atoms with van der Waals surface area (Å²) in [5.74, 6) is 0.0643. The predicted octanol–water partition coefficient (Wildman–Crippen LogP) is 3.11. The molecule has 3 aromatic rings. The maximum Gasteiger partial charge on any atom is 0.280 e. The number of hydrogen-bond acceptors (Lipinski definition) is 10. The highest BCUT2D eigenvalue weighted by Crippen LogP contribution is 2.30. The average molecular weight is 546 g/mol. The molecule has 3 heterocycles. The Labute approximate surface area is 220 Å². The first-order valence-electron chi connectivity index (χ1n) is 12.1. The number of carbonyl (C=O) groups excluding carboxylic acids is 1. The SMILES string of the molecule is CCOc1cncc(-c2cnc(C(=O)N[C@@H](CCCN(C)C)c3cc(NS(=O)(=O)C4CC4)ccn3)s2)n1. The van der Waals surface area contributed by atoms with Crippen LogP contribution in [0.25, 0.3) is 10.6 Å². The predicted molar refractivity (Wildman–Crippen MR) is 142 cm³/mol. The van der Waals surface area contributed by atoms with Gasteiger partial charge in [0.25, 0.3) is 5.91 Å². The van der Waals surface area contributed by atoms with Gasteiger partial charge in [0.05, 0.1) is 46.6 Å². The number of anilines is 1. The van der Waals surface area contributed by atoms with Crippen LogP contribution in [0.5, 0.6) is 5.88 Å². The number of amides is 1. The minimum absolute atomic E-state index is 0.279. The van der Waals surface area contributed by atoms with E-state index in [2.05, 4.69) is 34.9 Å². The number of aromatic nitrogens is 4. The molecule has 13 heteroatoms. The van der Waals surface area contributed by atoms with Gasteiger partial charge in [-0.15, -0.1) is 11.3 Å². The molecule has 11 nitrogen and oxygen atoms in total. The fourth-order valence-electron chi connectivity index (χ4n) is 3.64. The van der Waals surface area contributed by atoms with E-state index in [9.17, 15) is 13.2 Å². The van der Waals surface area contributed by atoms with Gasteiger partial charge in [0, 0.05) is 12.4 Å². The molecule has 0 radical (unpaired) electrons. The van der Waals surface area contributed by atoms with Crippen molar-refractivity contribution in [2.45, 2.75) is 43.9 Å². The molecule has 1 saturated carbocycles. The molecule has 1 aliphatic carbocycles. The van der Waals surface area contributed by atoms with Crippen LogP contribution in [-0.4, -0.2) is 71.7 Å². The molecule has 1 atom stereocenters. The van der Waals surface area contributed by atoms with Crippen molar-refractivity contribution in [3.05, 3.63) is 47.6 Å². The van der Waals surface area contributed by atoms with E-state index in [-0.39, 0.29) is 16.2 Å². The van der Waals surface area contributed by atoms with E-state index in [1.54, 1.807) is 30.7 Å². The third-order valence-electron chi connectivity index (χ3n) is 5.62. The first-order valence-corrected chi connectivity index (χ1v) is 14.5. The van der Waals surface area contributed by atoms with Crippen LogP contribution in [0, 0.1) is 0 Å². The molecule has 0 unspecified atom stereocenters. The van der Waals surface area contributed by atoms with Crippen LogP contribution >= 0.6 is 11.3 Å². The van der Waals surface area contributed by atoms with E-state index >= 15 is 0 Å². The lowest BCUT2D eigenvalue weighted by Gasteiger charge is -2.20. The van der Waals surface area contributed by atoms with Gasteiger partial charge in [-0.05, 0) is 65.4 Å². The van der Waals surface area contributed by atoms with Gasteiger partial charge in [0.15, 0.2) is 5.01 Å². The van der Waals surface area contributed by atoms with Crippen molar-refractivity contribution in [3.8, 4) is 16.5 Å². The standard InChI is InChI=1S/C24H31N7O4S2/c1-4-35-22-15-25-13-20(28-22)21-14-27-24(36-21)23(32)29-18(6-5-11-31(2)3)19-12-16(9-10-26-19)30-37(33,34)17-7-8-17/h9-10,12-15,17-18H,4-8,11H2,1-3H3,(H,26,30)(H,29,32)/t18-/m0/s1. The summed E-state index contributed by atoms with van der Waals surface area (Å²) in [6, 6.07) is 2.88. The van der Waals surface area contributed by atoms with E-state index in [0.717, 1.165) is 13.0 Å². The van der Waals surface area contributed by atoms with E-state index in [4.69, 9.17) is 4.74 Å². The van der Waals surface area contributed by atoms with Gasteiger partial charge in [-0.3, -0.25) is 19.5 Å². The molecule has 0 aromatic carbocycles. The van der Waals surface area contributed by atoms with Gasteiger partial charge >= 0.3 is 0 Å². The Morgan fingerprint density at radius 2 is 2.05 bits per heavy atom. The fourth-order valence-corrected chi connectivity index (χ4v) is 5.79. The summed E-state index contributed by atoms with van der Waals surface area (Å²) in [4.78, 5) is 33.2. The smallest absolute Gasteiger partial charge is 0.280 e. The van der Waals surface area contributed by atoms with E-state index in [0.29, 0.717) is 53.7 Å². The second-order valence-electron chi connectivity index (χ2n) is 8.99. The van der Waals surface area contributed by atoms with Crippen molar-refractivity contribution >= 4 is 33.0 Å². The first-order chi connectivity index (χ1) is 17.7. The molecule has 1 aliphatic rings. The van der Waals surface area contributed by atoms with Crippen LogP contribution in [0.3, 0.4) is 0 Å². The van der Waals surface area contributed by atoms with E-state index < -0.39 is 16.1 Å². The maximum absolute atomic E-state index is 13.2. The van der Waals surface area contributed by atoms with Gasteiger partial charge in [-0.25, -0.2) is 18.4 Å². The molecule has 2 N–H and O–H groups in total. The Bertz CT molecular complexity index is 1330. The maximum atomic E-state index is 13.2.